The molecule has 36 heavy (non-hydrogen) atoms. The lowest BCUT2D eigenvalue weighted by molar-refractivity contribution is -0.384. The van der Waals surface area contributed by atoms with Crippen LogP contribution < -0.4 is 9.47 Å². The molecule has 0 amide bonds. The van der Waals surface area contributed by atoms with Gasteiger partial charge < -0.3 is 14.2 Å². The maximum atomic E-state index is 12.5. The first-order valence-electron chi connectivity index (χ1n) is 10.6. The van der Waals surface area contributed by atoms with E-state index in [9.17, 15) is 14.9 Å². The number of aliphatic imine (C=N–C) groups is 1. The molecule has 0 saturated heterocycles. The molecule has 3 aromatic rings. The van der Waals surface area contributed by atoms with E-state index in [1.165, 1.54) is 24.3 Å². The molecule has 0 bridgehead atoms. The van der Waals surface area contributed by atoms with Crippen LogP contribution in [0.3, 0.4) is 0 Å². The third-order valence-electron chi connectivity index (χ3n) is 4.92. The number of carbonyl (C=O) groups excluding carboxylic acids is 1. The molecule has 1 aliphatic heterocycles. The van der Waals surface area contributed by atoms with Crippen molar-refractivity contribution in [3.8, 4) is 11.5 Å². The Morgan fingerprint density at radius 3 is 2.58 bits per heavy atom. The lowest BCUT2D eigenvalue weighted by Crippen LogP contribution is -2.06. The quantitative estimate of drug-likeness (QED) is 0.132. The number of nitro groups is 1. The summed E-state index contributed by atoms with van der Waals surface area (Å²) in [6.07, 6.45) is 1.45. The molecule has 0 spiro atoms. The fraction of sp³-hybridized carbons (Fsp3) is 0.120. The zero-order valence-electron chi connectivity index (χ0n) is 18.7. The molecule has 0 fully saturated rings. The van der Waals surface area contributed by atoms with Gasteiger partial charge in [-0.25, -0.2) is 9.79 Å². The average molecular weight is 548 g/mol. The molecular formula is C25H17Cl3N2O6. The van der Waals surface area contributed by atoms with Crippen LogP contribution in [0.1, 0.15) is 23.6 Å². The first-order valence-corrected chi connectivity index (χ1v) is 11.7. The summed E-state index contributed by atoms with van der Waals surface area (Å²) in [4.78, 5) is 27.2. The van der Waals surface area contributed by atoms with Gasteiger partial charge in [0.2, 0.25) is 5.90 Å². The number of cyclic esters (lactones) is 1. The molecule has 0 unspecified atom stereocenters. The van der Waals surface area contributed by atoms with Gasteiger partial charge in [0.1, 0.15) is 6.61 Å². The topological polar surface area (TPSA) is 100 Å². The summed E-state index contributed by atoms with van der Waals surface area (Å²) >= 11 is 18.7. The van der Waals surface area contributed by atoms with Gasteiger partial charge in [0.25, 0.3) is 5.69 Å². The van der Waals surface area contributed by atoms with E-state index in [0.29, 0.717) is 28.7 Å². The average Bonchev–Trinajstić information content (AvgIpc) is 3.18. The van der Waals surface area contributed by atoms with Gasteiger partial charge in [-0.3, -0.25) is 10.1 Å². The second-order valence-electron chi connectivity index (χ2n) is 7.44. The number of nitro benzene ring substituents is 1. The number of halogens is 3. The van der Waals surface area contributed by atoms with Crippen molar-refractivity contribution in [3.63, 3.8) is 0 Å². The molecule has 0 saturated carbocycles. The number of rotatable bonds is 8. The van der Waals surface area contributed by atoms with Crippen LogP contribution in [-0.4, -0.2) is 23.4 Å². The minimum Gasteiger partial charge on any atom is -0.490 e. The molecule has 0 N–H and O–H groups in total. The number of esters is 1. The van der Waals surface area contributed by atoms with Crippen LogP contribution in [0.25, 0.3) is 6.08 Å². The highest BCUT2D eigenvalue weighted by Crippen LogP contribution is 2.38. The summed E-state index contributed by atoms with van der Waals surface area (Å²) in [5.74, 6) is -0.182. The number of non-ortho nitro benzene ring substituents is 1. The van der Waals surface area contributed by atoms with Gasteiger partial charge >= 0.3 is 5.97 Å². The second kappa shape index (κ2) is 11.0. The molecule has 0 aliphatic carbocycles. The molecule has 8 nitrogen and oxygen atoms in total. The summed E-state index contributed by atoms with van der Waals surface area (Å²) in [6.45, 7) is 2.37. The summed E-state index contributed by atoms with van der Waals surface area (Å²) in [5, 5.41) is 12.1. The number of hydrogen-bond donors (Lipinski definition) is 0. The molecule has 1 aliphatic rings. The Morgan fingerprint density at radius 1 is 1.06 bits per heavy atom. The third-order valence-corrected chi connectivity index (χ3v) is 5.76. The normalized spacial score (nSPS) is 13.9. The van der Waals surface area contributed by atoms with Crippen molar-refractivity contribution in [2.45, 2.75) is 13.5 Å². The van der Waals surface area contributed by atoms with E-state index in [1.807, 2.05) is 19.1 Å². The maximum Gasteiger partial charge on any atom is 0.363 e. The monoisotopic (exact) mass is 546 g/mol. The van der Waals surface area contributed by atoms with Crippen LogP contribution in [0.5, 0.6) is 11.5 Å². The molecule has 184 valence electrons. The van der Waals surface area contributed by atoms with E-state index in [4.69, 9.17) is 49.0 Å². The Hall–Kier alpha value is -3.59. The van der Waals surface area contributed by atoms with Crippen molar-refractivity contribution in [1.29, 1.82) is 0 Å². The van der Waals surface area contributed by atoms with E-state index in [-0.39, 0.29) is 39.5 Å². The first-order chi connectivity index (χ1) is 17.2. The number of ether oxygens (including phenoxy) is 3. The molecular weight excluding hydrogens is 531 g/mol. The van der Waals surface area contributed by atoms with Crippen LogP contribution >= 0.6 is 34.8 Å². The second-order valence-corrected chi connectivity index (χ2v) is 8.69. The molecule has 0 aromatic heterocycles. The van der Waals surface area contributed by atoms with Crippen molar-refractivity contribution < 1.29 is 23.9 Å². The van der Waals surface area contributed by atoms with Crippen LogP contribution in [-0.2, 0) is 16.1 Å². The number of hydrogen-bond acceptors (Lipinski definition) is 7. The summed E-state index contributed by atoms with van der Waals surface area (Å²) in [7, 11) is 0. The Labute approximate surface area is 220 Å². The van der Waals surface area contributed by atoms with E-state index in [1.54, 1.807) is 24.3 Å². The molecule has 0 atom stereocenters. The Bertz CT molecular complexity index is 1420. The van der Waals surface area contributed by atoms with Crippen LogP contribution in [0, 0.1) is 10.1 Å². The fourth-order valence-corrected chi connectivity index (χ4v) is 4.01. The molecule has 0 radical (unpaired) electrons. The van der Waals surface area contributed by atoms with Gasteiger partial charge in [0.15, 0.2) is 17.2 Å². The maximum absolute atomic E-state index is 12.5. The minimum absolute atomic E-state index is 0.0429. The molecule has 4 rings (SSSR count). The fourth-order valence-electron chi connectivity index (χ4n) is 3.33. The highest BCUT2D eigenvalue weighted by Gasteiger charge is 2.27. The lowest BCUT2D eigenvalue weighted by Gasteiger charge is -2.14. The summed E-state index contributed by atoms with van der Waals surface area (Å²) < 4.78 is 16.8. The van der Waals surface area contributed by atoms with Crippen molar-refractivity contribution in [3.05, 3.63) is 102 Å². The van der Waals surface area contributed by atoms with E-state index in [2.05, 4.69) is 4.99 Å². The molecule has 11 heteroatoms. The van der Waals surface area contributed by atoms with Crippen molar-refractivity contribution in [2.24, 2.45) is 4.99 Å². The van der Waals surface area contributed by atoms with Gasteiger partial charge in [-0.1, -0.05) is 46.9 Å². The number of carbonyl (C=O) groups is 1. The van der Waals surface area contributed by atoms with Crippen molar-refractivity contribution in [1.82, 2.24) is 0 Å². The minimum atomic E-state index is -0.747. The van der Waals surface area contributed by atoms with Crippen molar-refractivity contribution in [2.75, 3.05) is 6.61 Å². The van der Waals surface area contributed by atoms with Crippen LogP contribution in [0.4, 0.5) is 5.69 Å². The van der Waals surface area contributed by atoms with E-state index < -0.39 is 10.9 Å². The summed E-state index contributed by atoms with van der Waals surface area (Å²) in [6, 6.07) is 14.2. The van der Waals surface area contributed by atoms with Gasteiger partial charge in [-0.05, 0) is 54.5 Å². The van der Waals surface area contributed by atoms with Gasteiger partial charge in [0, 0.05) is 17.2 Å². The highest BCUT2D eigenvalue weighted by molar-refractivity contribution is 6.34. The zero-order chi connectivity index (χ0) is 25.8. The van der Waals surface area contributed by atoms with E-state index in [0.717, 1.165) is 5.56 Å². The predicted octanol–water partition coefficient (Wildman–Crippen LogP) is 6.88. The highest BCUT2D eigenvalue weighted by atomic mass is 35.5. The molecule has 1 heterocycles. The Morgan fingerprint density at radius 2 is 1.86 bits per heavy atom. The SMILES string of the molecule is CCOc1cc(/C=C2\N=C(c3cc([N+](=O)[O-])ccc3Cl)OC2=O)cc(Cl)c1OCc1cccc(Cl)c1. The van der Waals surface area contributed by atoms with Crippen LogP contribution in [0.2, 0.25) is 15.1 Å². The standard InChI is InChI=1S/C25H17Cl3N2O6/c1-2-34-22-11-15(9-20(28)23(22)35-13-14-4-3-5-16(26)8-14)10-21-25(31)36-24(29-21)18-12-17(30(32)33)6-7-19(18)27/h3-12H,2,13H2,1H3/b21-10-. The number of benzene rings is 3. The Kier molecular flexibility index (Phi) is 7.79. The Balaban J connectivity index is 1.64. The largest absolute Gasteiger partial charge is 0.490 e. The van der Waals surface area contributed by atoms with Crippen molar-refractivity contribution >= 4 is 58.4 Å². The zero-order valence-corrected chi connectivity index (χ0v) is 20.9. The predicted molar refractivity (Wildman–Crippen MR) is 137 cm³/mol. The number of nitrogens with zero attached hydrogens (tertiary/aromatic N) is 2. The summed E-state index contributed by atoms with van der Waals surface area (Å²) in [5.41, 5.74) is 1.22. The third kappa shape index (κ3) is 5.79. The lowest BCUT2D eigenvalue weighted by atomic mass is 10.1. The smallest absolute Gasteiger partial charge is 0.363 e. The van der Waals surface area contributed by atoms with Crippen LogP contribution in [0.15, 0.2) is 65.3 Å². The molecule has 3 aromatic carbocycles. The van der Waals surface area contributed by atoms with Gasteiger partial charge in [-0.15, -0.1) is 0 Å². The van der Waals surface area contributed by atoms with Gasteiger partial charge in [0.05, 0.1) is 27.1 Å². The first kappa shape index (κ1) is 25.5. The van der Waals surface area contributed by atoms with Gasteiger partial charge in [-0.2, -0.15) is 0 Å². The van der Waals surface area contributed by atoms with E-state index >= 15 is 0 Å².